The molecule has 6 heavy (non-hydrogen) atoms. The Bertz CT molecular complexity index is 31.8. The van der Waals surface area contributed by atoms with E-state index in [1.807, 2.05) is 0 Å². The number of carboxylic acids is 1. The predicted molar refractivity (Wildman–Crippen MR) is 25.2 cm³/mol. The molecule has 0 aliphatic carbocycles. The molecule has 38 valence electrons. The normalized spacial score (nSPS) is 5.17. The average molecular weight is 110 g/mol. The molecule has 0 aliphatic heterocycles. The summed E-state index contributed by atoms with van der Waals surface area (Å²) in [7, 11) is 1.42. The lowest BCUT2D eigenvalue weighted by Crippen LogP contribution is -1.78. The van der Waals surface area contributed by atoms with Crippen LogP contribution in [0, 0.1) is 0 Å². The smallest absolute Gasteiger partial charge is 0.300 e. The zero-order valence-corrected chi connectivity index (χ0v) is 4.53. The molecule has 3 nitrogen and oxygen atoms in total. The Morgan fingerprint density at radius 1 is 1.67 bits per heavy atom. The van der Waals surface area contributed by atoms with Crippen LogP contribution in [-0.2, 0) is 4.79 Å². The molecule has 0 saturated heterocycles. The van der Waals surface area contributed by atoms with Crippen molar-refractivity contribution in [3.63, 3.8) is 0 Å². The first-order chi connectivity index (χ1) is 2.73. The molecule has 0 fully saturated rings. The lowest BCUT2D eigenvalue weighted by atomic mass is 10.9. The second-order valence-electron chi connectivity index (χ2n) is 0.519. The van der Waals surface area contributed by atoms with Gasteiger partial charge in [0, 0.05) is 6.92 Å². The third-order valence-corrected chi connectivity index (χ3v) is 0. The van der Waals surface area contributed by atoms with Gasteiger partial charge >= 0.3 is 0 Å². The van der Waals surface area contributed by atoms with Crippen molar-refractivity contribution in [2.75, 3.05) is 0 Å². The van der Waals surface area contributed by atoms with Gasteiger partial charge in [-0.3, -0.25) is 4.79 Å². The third-order valence-electron chi connectivity index (χ3n) is 0. The van der Waals surface area contributed by atoms with E-state index in [0.29, 0.717) is 0 Å². The summed E-state index contributed by atoms with van der Waals surface area (Å²) in [4.78, 5) is 15.9. The second-order valence-corrected chi connectivity index (χ2v) is 0.519. The first-order valence-electron chi connectivity index (χ1n) is 1.19. The zero-order valence-electron chi connectivity index (χ0n) is 3.38. The highest BCUT2D eigenvalue weighted by molar-refractivity contribution is 7.08. The first kappa shape index (κ1) is 9.29. The van der Waals surface area contributed by atoms with Crippen LogP contribution in [0.2, 0.25) is 0 Å². The highest BCUT2D eigenvalue weighted by Crippen LogP contribution is 1.44. The van der Waals surface area contributed by atoms with E-state index >= 15 is 0 Å². The molecule has 2 N–H and O–H groups in total. The minimum Gasteiger partial charge on any atom is -0.481 e. The second kappa shape index (κ2) is 8.85. The van der Waals surface area contributed by atoms with Crippen molar-refractivity contribution < 1.29 is 14.8 Å². The summed E-state index contributed by atoms with van der Waals surface area (Å²) in [6, 6.07) is 0. The van der Waals surface area contributed by atoms with Gasteiger partial charge in [0.25, 0.3) is 5.97 Å². The largest absolute Gasteiger partial charge is 0.481 e. The van der Waals surface area contributed by atoms with E-state index < -0.39 is 5.97 Å². The summed E-state index contributed by atoms with van der Waals surface area (Å²) in [6.45, 7) is 1.08. The van der Waals surface area contributed by atoms with Gasteiger partial charge in [-0.2, -0.15) is 0 Å². The van der Waals surface area contributed by atoms with E-state index in [4.69, 9.17) is 14.8 Å². The van der Waals surface area contributed by atoms with Crippen LogP contribution in [0.3, 0.4) is 0 Å². The quantitative estimate of drug-likeness (QED) is 0.426. The fourth-order valence-electron chi connectivity index (χ4n) is 0. The molecule has 1 unspecified atom stereocenters. The van der Waals surface area contributed by atoms with Crippen LogP contribution in [0.5, 0.6) is 0 Å². The Labute approximate surface area is 38.3 Å². The molecule has 0 rings (SSSR count). The Hall–Kier alpha value is -0.140. The van der Waals surface area contributed by atoms with Gasteiger partial charge in [-0.05, 0) is 9.47 Å². The minimum atomic E-state index is -0.833. The van der Waals surface area contributed by atoms with E-state index in [1.54, 1.807) is 0 Å². The highest BCUT2D eigenvalue weighted by atomic mass is 31.0. The minimum absolute atomic E-state index is 0.833. The summed E-state index contributed by atoms with van der Waals surface area (Å²) in [5, 5.41) is 7.42. The molecule has 1 atom stereocenters. The van der Waals surface area contributed by atoms with Crippen LogP contribution in [0.15, 0.2) is 0 Å². The van der Waals surface area contributed by atoms with Crippen LogP contribution in [0.4, 0.5) is 0 Å². The fraction of sp³-hybridized carbons (Fsp3) is 0.500. The molecular formula is C2H7O3P. The maximum atomic E-state index is 9.00. The number of hydrogen-bond acceptors (Lipinski definition) is 2. The summed E-state index contributed by atoms with van der Waals surface area (Å²) in [5.74, 6) is -0.833. The van der Waals surface area contributed by atoms with E-state index in [-0.39, 0.29) is 0 Å². The molecule has 0 amide bonds. The first-order valence-corrected chi connectivity index (χ1v) is 1.70. The van der Waals surface area contributed by atoms with Crippen molar-refractivity contribution in [1.29, 1.82) is 0 Å². The van der Waals surface area contributed by atoms with Gasteiger partial charge in [-0.15, -0.1) is 0 Å². The maximum absolute atomic E-state index is 9.00. The zero-order chi connectivity index (χ0) is 5.58. The van der Waals surface area contributed by atoms with E-state index in [1.165, 1.54) is 9.47 Å². The lowest BCUT2D eigenvalue weighted by molar-refractivity contribution is -0.134. The van der Waals surface area contributed by atoms with Gasteiger partial charge in [-0.25, -0.2) is 0 Å². The third kappa shape index (κ3) is 1610. The van der Waals surface area contributed by atoms with Crippen molar-refractivity contribution in [2.45, 2.75) is 6.92 Å². The monoisotopic (exact) mass is 110 g/mol. The SMILES string of the molecule is CC(=O)O.OP. The molecule has 0 aromatic rings. The van der Waals surface area contributed by atoms with Gasteiger partial charge in [0.2, 0.25) is 0 Å². The molecule has 0 aromatic heterocycles. The van der Waals surface area contributed by atoms with Gasteiger partial charge in [0.05, 0.1) is 0 Å². The van der Waals surface area contributed by atoms with Crippen molar-refractivity contribution in [1.82, 2.24) is 0 Å². The number of aliphatic carboxylic acids is 1. The molecule has 0 radical (unpaired) electrons. The van der Waals surface area contributed by atoms with Crippen LogP contribution >= 0.6 is 9.47 Å². The van der Waals surface area contributed by atoms with Crippen molar-refractivity contribution in [2.24, 2.45) is 0 Å². The maximum Gasteiger partial charge on any atom is 0.300 e. The van der Waals surface area contributed by atoms with Crippen LogP contribution in [0.1, 0.15) is 6.92 Å². The summed E-state index contributed by atoms with van der Waals surface area (Å²) >= 11 is 0. The van der Waals surface area contributed by atoms with Crippen LogP contribution in [-0.4, -0.2) is 16.0 Å². The number of carboxylic acid groups (broad SMARTS) is 1. The van der Waals surface area contributed by atoms with Crippen LogP contribution < -0.4 is 0 Å². The van der Waals surface area contributed by atoms with Crippen molar-refractivity contribution in [3.05, 3.63) is 0 Å². The van der Waals surface area contributed by atoms with E-state index in [9.17, 15) is 0 Å². The van der Waals surface area contributed by atoms with E-state index in [0.717, 1.165) is 6.92 Å². The van der Waals surface area contributed by atoms with Gasteiger partial charge < -0.3 is 10.00 Å². The Balaban J connectivity index is 0. The van der Waals surface area contributed by atoms with Crippen molar-refractivity contribution >= 4 is 15.4 Å². The van der Waals surface area contributed by atoms with Crippen LogP contribution in [0.25, 0.3) is 0 Å². The molecule has 0 aliphatic rings. The number of hydrogen-bond donors (Lipinski definition) is 2. The van der Waals surface area contributed by atoms with E-state index in [2.05, 4.69) is 0 Å². The standard InChI is InChI=1S/C2H4O2.H3OP/c1-2(3)4;1-2/h1H3,(H,3,4);1H,2H2. The molecule has 0 aromatic carbocycles. The summed E-state index contributed by atoms with van der Waals surface area (Å²) in [5.41, 5.74) is 0. The van der Waals surface area contributed by atoms with Gasteiger partial charge in [0.1, 0.15) is 0 Å². The summed E-state index contributed by atoms with van der Waals surface area (Å²) in [6.07, 6.45) is 0. The fourth-order valence-corrected chi connectivity index (χ4v) is 0. The topological polar surface area (TPSA) is 57.5 Å². The number of rotatable bonds is 0. The Morgan fingerprint density at radius 3 is 1.67 bits per heavy atom. The average Bonchev–Trinajstić information content (AvgIpc) is 1.41. The van der Waals surface area contributed by atoms with Crippen molar-refractivity contribution in [3.8, 4) is 0 Å². The molecule has 0 spiro atoms. The molecule has 0 bridgehead atoms. The predicted octanol–water partition coefficient (Wildman–Crippen LogP) is -0.140. The molecule has 0 saturated carbocycles. The molecule has 0 heterocycles. The highest BCUT2D eigenvalue weighted by Gasteiger charge is 1.65. The lowest BCUT2D eigenvalue weighted by Gasteiger charge is -1.59. The molecule has 4 heteroatoms. The van der Waals surface area contributed by atoms with Gasteiger partial charge in [-0.1, -0.05) is 0 Å². The summed E-state index contributed by atoms with van der Waals surface area (Å²) < 4.78 is 0. The number of carbonyl (C=O) groups is 1. The molecular weight excluding hydrogens is 103 g/mol. The Morgan fingerprint density at radius 2 is 1.67 bits per heavy atom. The van der Waals surface area contributed by atoms with Gasteiger partial charge in [0.15, 0.2) is 0 Å². The Kier molecular flexibility index (Phi) is 13.7.